The highest BCUT2D eigenvalue weighted by molar-refractivity contribution is 5.99. The van der Waals surface area contributed by atoms with Gasteiger partial charge in [-0.05, 0) is 42.4 Å². The minimum Gasteiger partial charge on any atom is -0.497 e. The zero-order chi connectivity index (χ0) is 19.9. The molecule has 0 atom stereocenters. The molecule has 1 aliphatic rings. The lowest BCUT2D eigenvalue weighted by Crippen LogP contribution is -2.48. The Morgan fingerprint density at radius 3 is 2.32 bits per heavy atom. The second kappa shape index (κ2) is 9.37. The summed E-state index contributed by atoms with van der Waals surface area (Å²) in [5, 5.41) is 2.90. The van der Waals surface area contributed by atoms with E-state index in [1.165, 1.54) is 0 Å². The number of methoxy groups -OCH3 is 1. The number of carbonyl (C=O) groups excluding carboxylic acids is 2. The lowest BCUT2D eigenvalue weighted by molar-refractivity contribution is 0.0643. The van der Waals surface area contributed by atoms with Gasteiger partial charge in [0.25, 0.3) is 11.8 Å². The summed E-state index contributed by atoms with van der Waals surface area (Å²) in [4.78, 5) is 29.5. The van der Waals surface area contributed by atoms with E-state index in [9.17, 15) is 9.59 Å². The van der Waals surface area contributed by atoms with Crippen LogP contribution < -0.4 is 10.1 Å². The molecule has 0 aliphatic carbocycles. The van der Waals surface area contributed by atoms with E-state index in [0.717, 1.165) is 44.0 Å². The topological polar surface area (TPSA) is 61.9 Å². The fourth-order valence-corrected chi connectivity index (χ4v) is 3.27. The number of ether oxygens (including phenoxy) is 1. The van der Waals surface area contributed by atoms with E-state index >= 15 is 0 Å². The Labute approximate surface area is 166 Å². The van der Waals surface area contributed by atoms with Crippen LogP contribution in [0.3, 0.4) is 0 Å². The Kier molecular flexibility index (Phi) is 6.66. The van der Waals surface area contributed by atoms with Crippen LogP contribution in [0.15, 0.2) is 48.5 Å². The summed E-state index contributed by atoms with van der Waals surface area (Å²) in [6.07, 6.45) is 0. The summed E-state index contributed by atoms with van der Waals surface area (Å²) < 4.78 is 5.14. The highest BCUT2D eigenvalue weighted by Crippen LogP contribution is 2.13. The minimum absolute atomic E-state index is 0.0134. The molecule has 0 aromatic heterocycles. The first-order valence-corrected chi connectivity index (χ1v) is 9.63. The van der Waals surface area contributed by atoms with Gasteiger partial charge in [0, 0.05) is 43.9 Å². The van der Waals surface area contributed by atoms with Gasteiger partial charge in [-0.2, -0.15) is 0 Å². The molecule has 1 N–H and O–H groups in total. The van der Waals surface area contributed by atoms with Gasteiger partial charge in [-0.25, -0.2) is 0 Å². The van der Waals surface area contributed by atoms with E-state index < -0.39 is 0 Å². The summed E-state index contributed by atoms with van der Waals surface area (Å²) in [6, 6.07) is 14.5. The van der Waals surface area contributed by atoms with Crippen molar-refractivity contribution < 1.29 is 14.3 Å². The average molecular weight is 381 g/mol. The molecule has 6 heteroatoms. The number of rotatable bonds is 6. The number of nitrogens with one attached hydrogen (secondary N) is 1. The molecule has 0 saturated carbocycles. The number of nitrogens with zero attached hydrogens (tertiary/aromatic N) is 2. The molecule has 2 aromatic rings. The number of benzene rings is 2. The summed E-state index contributed by atoms with van der Waals surface area (Å²) in [6.45, 7) is 6.78. The minimum atomic E-state index is -0.193. The van der Waals surface area contributed by atoms with Gasteiger partial charge in [-0.3, -0.25) is 9.59 Å². The molecule has 1 fully saturated rings. The van der Waals surface area contributed by atoms with E-state index in [-0.39, 0.29) is 11.8 Å². The number of hydrogen-bond acceptors (Lipinski definition) is 4. The van der Waals surface area contributed by atoms with Gasteiger partial charge in [0.05, 0.1) is 7.11 Å². The van der Waals surface area contributed by atoms with Gasteiger partial charge in [0.2, 0.25) is 0 Å². The first-order valence-electron chi connectivity index (χ1n) is 9.63. The van der Waals surface area contributed by atoms with Crippen LogP contribution in [0.1, 0.15) is 33.2 Å². The molecule has 2 aromatic carbocycles. The molecule has 1 aliphatic heterocycles. The van der Waals surface area contributed by atoms with Crippen LogP contribution >= 0.6 is 0 Å². The quantitative estimate of drug-likeness (QED) is 0.835. The molecule has 1 saturated heterocycles. The smallest absolute Gasteiger partial charge is 0.253 e. The predicted octanol–water partition coefficient (Wildman–Crippen LogP) is 2.40. The van der Waals surface area contributed by atoms with Gasteiger partial charge in [0.15, 0.2) is 0 Å². The van der Waals surface area contributed by atoms with Crippen molar-refractivity contribution in [1.82, 2.24) is 15.1 Å². The van der Waals surface area contributed by atoms with Gasteiger partial charge in [-0.15, -0.1) is 0 Å². The first kappa shape index (κ1) is 19.9. The van der Waals surface area contributed by atoms with Gasteiger partial charge in [0.1, 0.15) is 5.75 Å². The normalized spacial score (nSPS) is 14.6. The van der Waals surface area contributed by atoms with Crippen molar-refractivity contribution in [3.8, 4) is 5.75 Å². The third-order valence-electron chi connectivity index (χ3n) is 5.09. The molecule has 0 spiro atoms. The molecule has 3 rings (SSSR count). The summed E-state index contributed by atoms with van der Waals surface area (Å²) >= 11 is 0. The molecular formula is C22H27N3O3. The first-order chi connectivity index (χ1) is 13.6. The van der Waals surface area contributed by atoms with Crippen LogP contribution in [-0.2, 0) is 6.54 Å². The van der Waals surface area contributed by atoms with Crippen molar-refractivity contribution in [2.45, 2.75) is 13.5 Å². The van der Waals surface area contributed by atoms with Gasteiger partial charge < -0.3 is 19.9 Å². The Balaban J connectivity index is 1.60. The Hall–Kier alpha value is -2.86. The largest absolute Gasteiger partial charge is 0.497 e. The molecule has 2 amide bonds. The fourth-order valence-electron chi connectivity index (χ4n) is 3.27. The highest BCUT2D eigenvalue weighted by Gasteiger charge is 2.21. The maximum absolute atomic E-state index is 12.8. The summed E-state index contributed by atoms with van der Waals surface area (Å²) in [5.74, 6) is 0.572. The van der Waals surface area contributed by atoms with Gasteiger partial charge in [-0.1, -0.05) is 25.1 Å². The molecule has 0 unspecified atom stereocenters. The predicted molar refractivity (Wildman–Crippen MR) is 109 cm³/mol. The molecule has 0 bridgehead atoms. The number of piperazine rings is 1. The van der Waals surface area contributed by atoms with Crippen LogP contribution in [0.5, 0.6) is 5.75 Å². The molecular weight excluding hydrogens is 354 g/mol. The van der Waals surface area contributed by atoms with Crippen molar-refractivity contribution >= 4 is 11.8 Å². The lowest BCUT2D eigenvalue weighted by atomic mass is 10.1. The molecule has 148 valence electrons. The Bertz CT molecular complexity index is 812. The molecule has 28 heavy (non-hydrogen) atoms. The zero-order valence-corrected chi connectivity index (χ0v) is 16.5. The number of likely N-dealkylation sites (N-methyl/N-ethyl adjacent to an activating group) is 1. The molecule has 6 nitrogen and oxygen atoms in total. The summed E-state index contributed by atoms with van der Waals surface area (Å²) in [7, 11) is 1.62. The maximum atomic E-state index is 12.8. The molecule has 1 heterocycles. The Morgan fingerprint density at radius 2 is 1.68 bits per heavy atom. The van der Waals surface area contributed by atoms with Crippen LogP contribution in [0.25, 0.3) is 0 Å². The number of hydrogen-bond donors (Lipinski definition) is 1. The van der Waals surface area contributed by atoms with Crippen molar-refractivity contribution in [2.24, 2.45) is 0 Å². The van der Waals surface area contributed by atoms with Crippen LogP contribution in [0.4, 0.5) is 0 Å². The third-order valence-corrected chi connectivity index (χ3v) is 5.09. The third kappa shape index (κ3) is 4.89. The number of amides is 2. The van der Waals surface area contributed by atoms with Crippen molar-refractivity contribution in [3.63, 3.8) is 0 Å². The van der Waals surface area contributed by atoms with E-state index in [0.29, 0.717) is 17.7 Å². The second-order valence-corrected chi connectivity index (χ2v) is 6.84. The van der Waals surface area contributed by atoms with Crippen molar-refractivity contribution in [2.75, 3.05) is 39.8 Å². The zero-order valence-electron chi connectivity index (χ0n) is 16.5. The SMILES string of the molecule is CCN1CCN(C(=O)c2cccc(C(=O)NCc3ccc(OC)cc3)c2)CC1. The molecule has 0 radical (unpaired) electrons. The van der Waals surface area contributed by atoms with E-state index in [1.54, 1.807) is 31.4 Å². The van der Waals surface area contributed by atoms with Crippen LogP contribution in [-0.4, -0.2) is 61.4 Å². The Morgan fingerprint density at radius 1 is 1.00 bits per heavy atom. The van der Waals surface area contributed by atoms with Gasteiger partial charge >= 0.3 is 0 Å². The van der Waals surface area contributed by atoms with Crippen LogP contribution in [0.2, 0.25) is 0 Å². The second-order valence-electron chi connectivity index (χ2n) is 6.84. The average Bonchev–Trinajstić information content (AvgIpc) is 2.77. The standard InChI is InChI=1S/C22H27N3O3/c1-3-24-11-13-25(14-12-24)22(27)19-6-4-5-18(15-19)21(26)23-16-17-7-9-20(28-2)10-8-17/h4-10,15H,3,11-14,16H2,1-2H3,(H,23,26). The lowest BCUT2D eigenvalue weighted by Gasteiger charge is -2.34. The maximum Gasteiger partial charge on any atom is 0.253 e. The van der Waals surface area contributed by atoms with E-state index in [4.69, 9.17) is 4.74 Å². The summed E-state index contributed by atoms with van der Waals surface area (Å²) in [5.41, 5.74) is 2.03. The monoisotopic (exact) mass is 381 g/mol. The van der Waals surface area contributed by atoms with E-state index in [2.05, 4.69) is 17.1 Å². The highest BCUT2D eigenvalue weighted by atomic mass is 16.5. The van der Waals surface area contributed by atoms with E-state index in [1.807, 2.05) is 29.2 Å². The van der Waals surface area contributed by atoms with Crippen LogP contribution in [0, 0.1) is 0 Å². The van der Waals surface area contributed by atoms with Crippen molar-refractivity contribution in [3.05, 3.63) is 65.2 Å². The fraction of sp³-hybridized carbons (Fsp3) is 0.364. The van der Waals surface area contributed by atoms with Crippen molar-refractivity contribution in [1.29, 1.82) is 0 Å². The number of carbonyl (C=O) groups is 2.